The fourth-order valence-corrected chi connectivity index (χ4v) is 3.56. The number of nitrogens with zero attached hydrogens (tertiary/aromatic N) is 2. The summed E-state index contributed by atoms with van der Waals surface area (Å²) in [5.74, 6) is 0. The van der Waals surface area contributed by atoms with Crippen LogP contribution >= 0.6 is 0 Å². The Morgan fingerprint density at radius 3 is 2.52 bits per heavy atom. The first-order valence-corrected chi connectivity index (χ1v) is 8.80. The van der Waals surface area contributed by atoms with Crippen LogP contribution in [-0.2, 0) is 0 Å². The zero-order valence-electron chi connectivity index (χ0n) is 14.2. The molecule has 0 amide bonds. The van der Waals surface area contributed by atoms with Crippen LogP contribution < -0.4 is 16.0 Å². The molecule has 124 valence electrons. The first-order chi connectivity index (χ1) is 10.2. The average molecular weight is 297 g/mol. The minimum absolute atomic E-state index is 0.639. The van der Waals surface area contributed by atoms with Crippen molar-refractivity contribution in [2.75, 3.05) is 58.9 Å². The van der Waals surface area contributed by atoms with Crippen LogP contribution in [0.25, 0.3) is 0 Å². The van der Waals surface area contributed by atoms with Gasteiger partial charge in [0.05, 0.1) is 0 Å². The summed E-state index contributed by atoms with van der Waals surface area (Å²) in [6.07, 6.45) is 1.26. The zero-order chi connectivity index (χ0) is 15.1. The van der Waals surface area contributed by atoms with Crippen molar-refractivity contribution in [3.63, 3.8) is 0 Å². The molecule has 0 aromatic carbocycles. The quantitative estimate of drug-likeness (QED) is 0.575. The Labute approximate surface area is 130 Å². The lowest BCUT2D eigenvalue weighted by Gasteiger charge is -2.38. The monoisotopic (exact) mass is 297 g/mol. The van der Waals surface area contributed by atoms with Crippen molar-refractivity contribution in [2.24, 2.45) is 0 Å². The second-order valence-electron chi connectivity index (χ2n) is 6.79. The molecule has 21 heavy (non-hydrogen) atoms. The third-order valence-corrected chi connectivity index (χ3v) is 5.00. The molecule has 3 unspecified atom stereocenters. The fraction of sp³-hybridized carbons (Fsp3) is 1.00. The maximum atomic E-state index is 3.65. The first kappa shape index (κ1) is 17.2. The molecule has 0 saturated carbocycles. The highest BCUT2D eigenvalue weighted by atomic mass is 15.2. The lowest BCUT2D eigenvalue weighted by atomic mass is 10.1. The van der Waals surface area contributed by atoms with Crippen LogP contribution in [0.4, 0.5) is 0 Å². The van der Waals surface area contributed by atoms with Gasteiger partial charge in [-0.05, 0) is 40.3 Å². The van der Waals surface area contributed by atoms with Gasteiger partial charge in [0.15, 0.2) is 0 Å². The van der Waals surface area contributed by atoms with Crippen molar-refractivity contribution in [2.45, 2.75) is 45.3 Å². The standard InChI is InChI=1S/C16H35N5/c1-14-11-18-6-9-20(14)8-4-5-17-12-15(2)21-10-7-19-13-16(21)3/h14-19H,4-13H2,1-3H3. The van der Waals surface area contributed by atoms with E-state index in [0.717, 1.165) is 39.3 Å². The minimum atomic E-state index is 0.639. The van der Waals surface area contributed by atoms with Gasteiger partial charge in [-0.3, -0.25) is 9.80 Å². The summed E-state index contributed by atoms with van der Waals surface area (Å²) in [7, 11) is 0. The highest BCUT2D eigenvalue weighted by Gasteiger charge is 2.22. The van der Waals surface area contributed by atoms with Crippen LogP contribution in [0, 0.1) is 0 Å². The highest BCUT2D eigenvalue weighted by Crippen LogP contribution is 2.07. The van der Waals surface area contributed by atoms with E-state index in [9.17, 15) is 0 Å². The molecule has 5 nitrogen and oxygen atoms in total. The summed E-state index contributed by atoms with van der Waals surface area (Å²) < 4.78 is 0. The largest absolute Gasteiger partial charge is 0.315 e. The summed E-state index contributed by atoms with van der Waals surface area (Å²) in [5, 5.41) is 10.6. The van der Waals surface area contributed by atoms with Crippen LogP contribution in [0.2, 0.25) is 0 Å². The van der Waals surface area contributed by atoms with Gasteiger partial charge in [0.25, 0.3) is 0 Å². The molecule has 3 atom stereocenters. The molecule has 2 rings (SSSR count). The van der Waals surface area contributed by atoms with Crippen molar-refractivity contribution in [1.29, 1.82) is 0 Å². The van der Waals surface area contributed by atoms with Gasteiger partial charge >= 0.3 is 0 Å². The third kappa shape index (κ3) is 5.49. The summed E-state index contributed by atoms with van der Waals surface area (Å²) in [4.78, 5) is 5.24. The first-order valence-electron chi connectivity index (χ1n) is 8.80. The molecule has 2 aliphatic heterocycles. The number of nitrogens with one attached hydrogen (secondary N) is 3. The Morgan fingerprint density at radius 2 is 1.81 bits per heavy atom. The van der Waals surface area contributed by atoms with E-state index in [1.54, 1.807) is 0 Å². The molecule has 0 bridgehead atoms. The average Bonchev–Trinajstić information content (AvgIpc) is 2.49. The second-order valence-corrected chi connectivity index (χ2v) is 6.79. The van der Waals surface area contributed by atoms with E-state index in [4.69, 9.17) is 0 Å². The molecule has 0 aromatic heterocycles. The molecular formula is C16H35N5. The molecule has 2 aliphatic rings. The zero-order valence-corrected chi connectivity index (χ0v) is 14.2. The van der Waals surface area contributed by atoms with Gasteiger partial charge in [0, 0.05) is 63.9 Å². The number of piperazine rings is 2. The minimum Gasteiger partial charge on any atom is -0.315 e. The van der Waals surface area contributed by atoms with Crippen molar-refractivity contribution in [1.82, 2.24) is 25.8 Å². The van der Waals surface area contributed by atoms with Crippen LogP contribution in [0.5, 0.6) is 0 Å². The molecule has 0 spiro atoms. The Balaban J connectivity index is 1.54. The van der Waals surface area contributed by atoms with Crippen LogP contribution in [-0.4, -0.2) is 86.8 Å². The molecule has 0 radical (unpaired) electrons. The molecule has 3 N–H and O–H groups in total. The maximum Gasteiger partial charge on any atom is 0.0196 e. The maximum absolute atomic E-state index is 3.65. The Morgan fingerprint density at radius 1 is 1.10 bits per heavy atom. The Hall–Kier alpha value is -0.200. The Bertz CT molecular complexity index is 286. The van der Waals surface area contributed by atoms with E-state index in [-0.39, 0.29) is 0 Å². The summed E-state index contributed by atoms with van der Waals surface area (Å²) in [6.45, 7) is 17.4. The van der Waals surface area contributed by atoms with Gasteiger partial charge in [0.2, 0.25) is 0 Å². The normalized spacial score (nSPS) is 30.4. The van der Waals surface area contributed by atoms with E-state index in [1.165, 1.54) is 26.1 Å². The van der Waals surface area contributed by atoms with Gasteiger partial charge in [-0.25, -0.2) is 0 Å². The lowest BCUT2D eigenvalue weighted by molar-refractivity contribution is 0.123. The third-order valence-electron chi connectivity index (χ3n) is 5.00. The Kier molecular flexibility index (Phi) is 7.40. The van der Waals surface area contributed by atoms with Gasteiger partial charge in [-0.1, -0.05) is 0 Å². The molecule has 2 saturated heterocycles. The van der Waals surface area contributed by atoms with Gasteiger partial charge < -0.3 is 16.0 Å². The number of hydrogen-bond donors (Lipinski definition) is 3. The molecule has 2 heterocycles. The smallest absolute Gasteiger partial charge is 0.0196 e. The van der Waals surface area contributed by atoms with E-state index >= 15 is 0 Å². The predicted molar refractivity (Wildman–Crippen MR) is 89.9 cm³/mol. The van der Waals surface area contributed by atoms with Crippen LogP contribution in [0.1, 0.15) is 27.2 Å². The SMILES string of the molecule is CC1CNCCN1CCCNCC(C)N1CCNCC1C. The summed E-state index contributed by atoms with van der Waals surface area (Å²) in [5.41, 5.74) is 0. The predicted octanol–water partition coefficient (Wildman–Crippen LogP) is -0.0580. The number of rotatable bonds is 7. The van der Waals surface area contributed by atoms with E-state index in [1.807, 2.05) is 0 Å². The lowest BCUT2D eigenvalue weighted by Crippen LogP contribution is -2.55. The van der Waals surface area contributed by atoms with Crippen LogP contribution in [0.3, 0.4) is 0 Å². The van der Waals surface area contributed by atoms with Crippen molar-refractivity contribution in [3.05, 3.63) is 0 Å². The van der Waals surface area contributed by atoms with Crippen molar-refractivity contribution in [3.8, 4) is 0 Å². The van der Waals surface area contributed by atoms with E-state index < -0.39 is 0 Å². The molecule has 0 aliphatic carbocycles. The van der Waals surface area contributed by atoms with Crippen LogP contribution in [0.15, 0.2) is 0 Å². The fourth-order valence-electron chi connectivity index (χ4n) is 3.56. The topological polar surface area (TPSA) is 42.6 Å². The number of hydrogen-bond acceptors (Lipinski definition) is 5. The van der Waals surface area contributed by atoms with Crippen molar-refractivity contribution >= 4 is 0 Å². The highest BCUT2D eigenvalue weighted by molar-refractivity contribution is 4.81. The van der Waals surface area contributed by atoms with Gasteiger partial charge in [-0.15, -0.1) is 0 Å². The second kappa shape index (κ2) is 9.06. The van der Waals surface area contributed by atoms with Crippen molar-refractivity contribution < 1.29 is 0 Å². The molecule has 5 heteroatoms. The molecule has 0 aromatic rings. The van der Waals surface area contributed by atoms with Gasteiger partial charge in [0.1, 0.15) is 0 Å². The summed E-state index contributed by atoms with van der Waals surface area (Å²) >= 11 is 0. The molecular weight excluding hydrogens is 262 g/mol. The molecule has 2 fully saturated rings. The van der Waals surface area contributed by atoms with E-state index in [2.05, 4.69) is 46.5 Å². The van der Waals surface area contributed by atoms with E-state index in [0.29, 0.717) is 18.1 Å². The van der Waals surface area contributed by atoms with Gasteiger partial charge in [-0.2, -0.15) is 0 Å². The summed E-state index contributed by atoms with van der Waals surface area (Å²) in [6, 6.07) is 2.00.